The van der Waals surface area contributed by atoms with Crippen LogP contribution in [0, 0.1) is 0 Å². The van der Waals surface area contributed by atoms with Gasteiger partial charge in [0.1, 0.15) is 6.54 Å². The number of aromatic nitrogens is 5. The number of thiazole rings is 1. The third-order valence-corrected chi connectivity index (χ3v) is 6.23. The number of anilines is 1. The van der Waals surface area contributed by atoms with Crippen LogP contribution in [0.2, 0.25) is 0 Å². The smallest absolute Gasteiger partial charge is 0.327 e. The number of esters is 1. The number of benzene rings is 1. The van der Waals surface area contributed by atoms with Gasteiger partial charge < -0.3 is 9.64 Å². The number of carbonyl (C=O) groups is 1. The summed E-state index contributed by atoms with van der Waals surface area (Å²) in [5.74, 6) is 0.394. The lowest BCUT2D eigenvalue weighted by atomic mass is 10.1. The van der Waals surface area contributed by atoms with E-state index < -0.39 is 0 Å². The summed E-state index contributed by atoms with van der Waals surface area (Å²) >= 11 is 1.74. The molecule has 0 saturated carbocycles. The summed E-state index contributed by atoms with van der Waals surface area (Å²) in [4.78, 5) is 21.4. The topological polar surface area (TPSA) is 89.3 Å². The van der Waals surface area contributed by atoms with Gasteiger partial charge in [-0.15, -0.1) is 5.10 Å². The summed E-state index contributed by atoms with van der Waals surface area (Å²) in [5, 5.41) is 13.1. The van der Waals surface area contributed by atoms with E-state index in [-0.39, 0.29) is 18.6 Å². The lowest BCUT2D eigenvalue weighted by Crippen LogP contribution is -2.48. The molecule has 29 heavy (non-hydrogen) atoms. The van der Waals surface area contributed by atoms with Crippen molar-refractivity contribution in [1.82, 2.24) is 30.1 Å². The van der Waals surface area contributed by atoms with Crippen LogP contribution in [-0.4, -0.2) is 68.8 Å². The van der Waals surface area contributed by atoms with Crippen molar-refractivity contribution < 1.29 is 9.53 Å². The third kappa shape index (κ3) is 4.23. The molecule has 154 valence electrons. The van der Waals surface area contributed by atoms with E-state index in [0.29, 0.717) is 12.4 Å². The van der Waals surface area contributed by atoms with Gasteiger partial charge in [0.15, 0.2) is 11.0 Å². The van der Waals surface area contributed by atoms with Gasteiger partial charge in [-0.1, -0.05) is 30.4 Å². The standard InChI is InChI=1S/C19H25N7O2S/c1-3-15(18-21-22-23-26(18)13-17(27)28-4-2)24-9-11-25(12-10-24)19-20-14-7-5-6-8-16(14)29-19/h5-8,15H,3-4,9-13H2,1-2H3/t15-/m1/s1. The number of carbonyl (C=O) groups excluding carboxylic acids is 1. The van der Waals surface area contributed by atoms with E-state index in [1.165, 1.54) is 4.70 Å². The van der Waals surface area contributed by atoms with Crippen molar-refractivity contribution in [2.24, 2.45) is 0 Å². The van der Waals surface area contributed by atoms with E-state index in [0.717, 1.165) is 43.2 Å². The molecule has 1 saturated heterocycles. The van der Waals surface area contributed by atoms with Gasteiger partial charge in [0, 0.05) is 26.2 Å². The summed E-state index contributed by atoms with van der Waals surface area (Å²) in [6, 6.07) is 8.31. The molecule has 1 aliphatic rings. The zero-order valence-electron chi connectivity index (χ0n) is 16.7. The molecule has 0 spiro atoms. The molecule has 1 atom stereocenters. The summed E-state index contributed by atoms with van der Waals surface area (Å²) in [6.07, 6.45) is 0.865. The fraction of sp³-hybridized carbons (Fsp3) is 0.526. The molecule has 0 bridgehead atoms. The molecule has 0 N–H and O–H groups in total. The van der Waals surface area contributed by atoms with E-state index in [2.05, 4.69) is 50.4 Å². The van der Waals surface area contributed by atoms with E-state index in [1.807, 2.05) is 6.07 Å². The van der Waals surface area contributed by atoms with Crippen LogP contribution >= 0.6 is 11.3 Å². The maximum absolute atomic E-state index is 11.9. The van der Waals surface area contributed by atoms with Crippen molar-refractivity contribution in [2.75, 3.05) is 37.7 Å². The van der Waals surface area contributed by atoms with Crippen LogP contribution < -0.4 is 4.90 Å². The number of ether oxygens (including phenoxy) is 1. The van der Waals surface area contributed by atoms with Gasteiger partial charge in [-0.3, -0.25) is 9.69 Å². The predicted molar refractivity (Wildman–Crippen MR) is 111 cm³/mol. The number of piperazine rings is 1. The van der Waals surface area contributed by atoms with Gasteiger partial charge in [0.25, 0.3) is 0 Å². The fourth-order valence-corrected chi connectivity index (χ4v) is 4.73. The normalized spacial score (nSPS) is 16.3. The molecule has 1 aliphatic heterocycles. The van der Waals surface area contributed by atoms with Gasteiger partial charge >= 0.3 is 5.97 Å². The summed E-state index contributed by atoms with van der Waals surface area (Å²) in [5.41, 5.74) is 1.06. The van der Waals surface area contributed by atoms with Crippen molar-refractivity contribution in [3.8, 4) is 0 Å². The molecule has 1 fully saturated rings. The lowest BCUT2D eigenvalue weighted by Gasteiger charge is -2.38. The monoisotopic (exact) mass is 415 g/mol. The Hall–Kier alpha value is -2.59. The first-order valence-electron chi connectivity index (χ1n) is 9.95. The number of tetrazole rings is 1. The molecular formula is C19H25N7O2S. The average molecular weight is 416 g/mol. The quantitative estimate of drug-likeness (QED) is 0.542. The third-order valence-electron chi connectivity index (χ3n) is 5.14. The van der Waals surface area contributed by atoms with Crippen LogP contribution in [0.15, 0.2) is 24.3 Å². The van der Waals surface area contributed by atoms with Gasteiger partial charge in [-0.05, 0) is 35.9 Å². The van der Waals surface area contributed by atoms with Crippen LogP contribution in [0.5, 0.6) is 0 Å². The zero-order chi connectivity index (χ0) is 20.2. The molecule has 4 rings (SSSR count). The second-order valence-corrected chi connectivity index (χ2v) is 7.92. The predicted octanol–water partition coefficient (Wildman–Crippen LogP) is 2.12. The van der Waals surface area contributed by atoms with E-state index in [4.69, 9.17) is 9.72 Å². The Morgan fingerprint density at radius 2 is 2.00 bits per heavy atom. The SMILES string of the molecule is CCOC(=O)Cn1nnnc1[C@@H](CC)N1CCN(c2nc3ccccc3s2)CC1. The Morgan fingerprint density at radius 3 is 2.72 bits per heavy atom. The molecule has 2 aromatic heterocycles. The van der Waals surface area contributed by atoms with Crippen molar-refractivity contribution in [3.63, 3.8) is 0 Å². The Bertz CT molecular complexity index is 931. The lowest BCUT2D eigenvalue weighted by molar-refractivity contribution is -0.144. The first-order chi connectivity index (χ1) is 14.2. The zero-order valence-corrected chi connectivity index (χ0v) is 17.5. The first kappa shape index (κ1) is 19.7. The van der Waals surface area contributed by atoms with Crippen molar-refractivity contribution >= 4 is 32.7 Å². The number of nitrogens with zero attached hydrogens (tertiary/aromatic N) is 7. The molecule has 0 unspecified atom stereocenters. The average Bonchev–Trinajstić information content (AvgIpc) is 3.36. The van der Waals surface area contributed by atoms with Crippen molar-refractivity contribution in [1.29, 1.82) is 0 Å². The maximum Gasteiger partial charge on any atom is 0.327 e. The maximum atomic E-state index is 11.9. The van der Waals surface area contributed by atoms with Crippen LogP contribution in [0.25, 0.3) is 10.2 Å². The summed E-state index contributed by atoms with van der Waals surface area (Å²) < 4.78 is 7.81. The summed E-state index contributed by atoms with van der Waals surface area (Å²) in [7, 11) is 0. The van der Waals surface area contributed by atoms with Crippen molar-refractivity contribution in [2.45, 2.75) is 32.9 Å². The Kier molecular flexibility index (Phi) is 6.00. The van der Waals surface area contributed by atoms with E-state index in [9.17, 15) is 4.79 Å². The Balaban J connectivity index is 1.43. The number of rotatable bonds is 7. The molecule has 0 aliphatic carbocycles. The van der Waals surface area contributed by atoms with Gasteiger partial charge in [-0.25, -0.2) is 9.67 Å². The Morgan fingerprint density at radius 1 is 1.21 bits per heavy atom. The summed E-state index contributed by atoms with van der Waals surface area (Å²) in [6.45, 7) is 7.87. The minimum Gasteiger partial charge on any atom is -0.465 e. The minimum atomic E-state index is -0.323. The van der Waals surface area contributed by atoms with E-state index in [1.54, 1.807) is 22.9 Å². The number of hydrogen-bond acceptors (Lipinski definition) is 9. The second kappa shape index (κ2) is 8.83. The van der Waals surface area contributed by atoms with Crippen molar-refractivity contribution in [3.05, 3.63) is 30.1 Å². The van der Waals surface area contributed by atoms with Gasteiger partial charge in [-0.2, -0.15) is 0 Å². The highest BCUT2D eigenvalue weighted by molar-refractivity contribution is 7.22. The van der Waals surface area contributed by atoms with Gasteiger partial charge in [0.05, 0.1) is 22.9 Å². The molecule has 3 heterocycles. The second-order valence-electron chi connectivity index (χ2n) is 6.91. The highest BCUT2D eigenvalue weighted by Crippen LogP contribution is 2.30. The molecule has 0 amide bonds. The first-order valence-corrected chi connectivity index (χ1v) is 10.8. The van der Waals surface area contributed by atoms with Crippen LogP contribution in [-0.2, 0) is 16.1 Å². The molecule has 1 aromatic carbocycles. The van der Waals surface area contributed by atoms with Gasteiger partial charge in [0.2, 0.25) is 0 Å². The molecule has 0 radical (unpaired) electrons. The van der Waals surface area contributed by atoms with Crippen LogP contribution in [0.4, 0.5) is 5.13 Å². The molecule has 3 aromatic rings. The molecule has 10 heteroatoms. The minimum absolute atomic E-state index is 0.0400. The molecule has 9 nitrogen and oxygen atoms in total. The van der Waals surface area contributed by atoms with Crippen LogP contribution in [0.3, 0.4) is 0 Å². The highest BCUT2D eigenvalue weighted by Gasteiger charge is 2.29. The number of hydrogen-bond donors (Lipinski definition) is 0. The van der Waals surface area contributed by atoms with E-state index >= 15 is 0 Å². The van der Waals surface area contributed by atoms with Crippen LogP contribution in [0.1, 0.15) is 32.1 Å². The molecular weight excluding hydrogens is 390 g/mol. The fourth-order valence-electron chi connectivity index (χ4n) is 3.72. The highest BCUT2D eigenvalue weighted by atomic mass is 32.1. The Labute approximate surface area is 173 Å². The largest absolute Gasteiger partial charge is 0.465 e. The number of fused-ring (bicyclic) bond motifs is 1. The number of para-hydroxylation sites is 1.